The molecule has 0 saturated heterocycles. The summed E-state index contributed by atoms with van der Waals surface area (Å²) in [6.07, 6.45) is 1.59. The molecule has 120 valence electrons. The fourth-order valence-corrected chi connectivity index (χ4v) is 3.64. The molecule has 1 N–H and O–H groups in total. The number of benzene rings is 1. The van der Waals surface area contributed by atoms with Crippen LogP contribution in [0.2, 0.25) is 0 Å². The summed E-state index contributed by atoms with van der Waals surface area (Å²) in [7, 11) is -2.40. The van der Waals surface area contributed by atoms with Gasteiger partial charge in [0.25, 0.3) is 0 Å². The van der Waals surface area contributed by atoms with Crippen LogP contribution < -0.4 is 9.46 Å². The number of sulfonamides is 1. The quantitative estimate of drug-likeness (QED) is 0.745. The van der Waals surface area contributed by atoms with Gasteiger partial charge in [0.05, 0.1) is 24.0 Å². The third kappa shape index (κ3) is 4.49. The predicted molar refractivity (Wildman–Crippen MR) is 83.0 cm³/mol. The predicted octanol–water partition coefficient (Wildman–Crippen LogP) is 2.64. The Morgan fingerprint density at radius 1 is 1.36 bits per heavy atom. The van der Waals surface area contributed by atoms with E-state index in [2.05, 4.69) is 4.72 Å². The molecule has 0 aliphatic rings. The van der Waals surface area contributed by atoms with E-state index >= 15 is 0 Å². The molecule has 0 spiro atoms. The highest BCUT2D eigenvalue weighted by Gasteiger charge is 2.16. The van der Waals surface area contributed by atoms with Gasteiger partial charge in [-0.3, -0.25) is 0 Å². The zero-order valence-electron chi connectivity index (χ0n) is 11.9. The van der Waals surface area contributed by atoms with E-state index in [1.807, 2.05) is 6.07 Å². The molecule has 5 nitrogen and oxygen atoms in total. The van der Waals surface area contributed by atoms with Crippen LogP contribution in [0, 0.1) is 5.82 Å². The number of ether oxygens (including phenoxy) is 1. The monoisotopic (exact) mass is 345 g/mol. The van der Waals surface area contributed by atoms with E-state index in [9.17, 15) is 12.8 Å². The third-order valence-corrected chi connectivity index (χ3v) is 5.24. The molecular formula is C14H16FNO4S2. The van der Waals surface area contributed by atoms with E-state index in [-0.39, 0.29) is 17.2 Å². The minimum Gasteiger partial charge on any atom is -0.494 e. The zero-order chi connectivity index (χ0) is 16.0. The van der Waals surface area contributed by atoms with Crippen LogP contribution in [0.1, 0.15) is 5.76 Å². The van der Waals surface area contributed by atoms with Crippen molar-refractivity contribution in [3.8, 4) is 5.75 Å². The molecule has 2 rings (SSSR count). The van der Waals surface area contributed by atoms with E-state index in [1.54, 1.807) is 24.1 Å². The second kappa shape index (κ2) is 7.66. The number of rotatable bonds is 8. The Balaban J connectivity index is 1.84. The Kier molecular flexibility index (Phi) is 5.87. The molecule has 2 aromatic rings. The van der Waals surface area contributed by atoms with Crippen LogP contribution in [0.25, 0.3) is 0 Å². The lowest BCUT2D eigenvalue weighted by Crippen LogP contribution is -2.26. The molecule has 8 heteroatoms. The molecule has 1 heterocycles. The van der Waals surface area contributed by atoms with Gasteiger partial charge in [-0.1, -0.05) is 0 Å². The largest absolute Gasteiger partial charge is 0.494 e. The van der Waals surface area contributed by atoms with Gasteiger partial charge in [0.15, 0.2) is 11.6 Å². The molecule has 0 radical (unpaired) electrons. The molecule has 1 aromatic heterocycles. The molecule has 0 bridgehead atoms. The Hall–Kier alpha value is -1.51. The van der Waals surface area contributed by atoms with E-state index in [1.165, 1.54) is 19.2 Å². The number of hydrogen-bond acceptors (Lipinski definition) is 5. The van der Waals surface area contributed by atoms with Gasteiger partial charge in [-0.05, 0) is 30.3 Å². The summed E-state index contributed by atoms with van der Waals surface area (Å²) in [5.41, 5.74) is 0. The molecule has 22 heavy (non-hydrogen) atoms. The molecular weight excluding hydrogens is 329 g/mol. The number of thioether (sulfide) groups is 1. The zero-order valence-corrected chi connectivity index (χ0v) is 13.5. The SMILES string of the molecule is COc1ccc(S(=O)(=O)NCCSCc2ccco2)cc1F. The van der Waals surface area contributed by atoms with Gasteiger partial charge in [0, 0.05) is 12.3 Å². The lowest BCUT2D eigenvalue weighted by molar-refractivity contribution is 0.385. The number of halogens is 1. The van der Waals surface area contributed by atoms with Crippen LogP contribution in [0.4, 0.5) is 4.39 Å². The van der Waals surface area contributed by atoms with Crippen LogP contribution in [0.3, 0.4) is 0 Å². The molecule has 0 saturated carbocycles. The third-order valence-electron chi connectivity index (χ3n) is 2.80. The summed E-state index contributed by atoms with van der Waals surface area (Å²) in [5.74, 6) is 1.39. The first-order chi connectivity index (χ1) is 10.5. The van der Waals surface area contributed by atoms with Crippen LogP contribution in [-0.2, 0) is 15.8 Å². The van der Waals surface area contributed by atoms with Crippen molar-refractivity contribution in [3.05, 3.63) is 48.2 Å². The summed E-state index contributed by atoms with van der Waals surface area (Å²) in [4.78, 5) is -0.123. The highest BCUT2D eigenvalue weighted by atomic mass is 32.2. The Morgan fingerprint density at radius 3 is 2.82 bits per heavy atom. The van der Waals surface area contributed by atoms with Crippen molar-refractivity contribution in [2.75, 3.05) is 19.4 Å². The van der Waals surface area contributed by atoms with Gasteiger partial charge in [-0.25, -0.2) is 17.5 Å². The molecule has 0 amide bonds. The van der Waals surface area contributed by atoms with Crippen molar-refractivity contribution < 1.29 is 22.0 Å². The van der Waals surface area contributed by atoms with Gasteiger partial charge in [-0.15, -0.1) is 0 Å². The minimum atomic E-state index is -3.72. The summed E-state index contributed by atoms with van der Waals surface area (Å²) in [6.45, 7) is 0.251. The average molecular weight is 345 g/mol. The lowest BCUT2D eigenvalue weighted by atomic mass is 10.3. The first-order valence-electron chi connectivity index (χ1n) is 6.46. The molecule has 0 aliphatic heterocycles. The lowest BCUT2D eigenvalue weighted by Gasteiger charge is -2.08. The topological polar surface area (TPSA) is 68.5 Å². The van der Waals surface area contributed by atoms with Crippen LogP contribution >= 0.6 is 11.8 Å². The van der Waals surface area contributed by atoms with E-state index in [0.29, 0.717) is 11.5 Å². The fourth-order valence-electron chi connectivity index (χ4n) is 1.71. The van der Waals surface area contributed by atoms with Crippen molar-refractivity contribution >= 4 is 21.8 Å². The Labute approximate surface area is 132 Å². The Bertz CT molecular complexity index is 702. The van der Waals surface area contributed by atoms with Gasteiger partial charge in [-0.2, -0.15) is 11.8 Å². The van der Waals surface area contributed by atoms with Crippen LogP contribution in [0.15, 0.2) is 45.9 Å². The van der Waals surface area contributed by atoms with Gasteiger partial charge in [0.2, 0.25) is 10.0 Å². The fraction of sp³-hybridized carbons (Fsp3) is 0.286. The maximum Gasteiger partial charge on any atom is 0.240 e. The first kappa shape index (κ1) is 16.9. The summed E-state index contributed by atoms with van der Waals surface area (Å²) in [5, 5.41) is 0. The normalized spacial score (nSPS) is 11.5. The number of furan rings is 1. The minimum absolute atomic E-state index is 0.00736. The molecule has 0 unspecified atom stereocenters. The smallest absolute Gasteiger partial charge is 0.240 e. The summed E-state index contributed by atoms with van der Waals surface area (Å²) < 4.78 is 50.0. The molecule has 0 atom stereocenters. The van der Waals surface area contributed by atoms with E-state index in [4.69, 9.17) is 9.15 Å². The van der Waals surface area contributed by atoms with Crippen molar-refractivity contribution in [2.45, 2.75) is 10.6 Å². The molecule has 0 aliphatic carbocycles. The second-order valence-corrected chi connectivity index (χ2v) is 7.20. The summed E-state index contributed by atoms with van der Waals surface area (Å²) >= 11 is 1.54. The van der Waals surface area contributed by atoms with Crippen molar-refractivity contribution in [1.82, 2.24) is 4.72 Å². The molecule has 0 fully saturated rings. The highest BCUT2D eigenvalue weighted by Crippen LogP contribution is 2.20. The highest BCUT2D eigenvalue weighted by molar-refractivity contribution is 7.98. The maximum absolute atomic E-state index is 13.5. The standard InChI is InChI=1S/C14H16FNO4S2/c1-19-14-5-4-12(9-13(14)15)22(17,18)16-6-8-21-10-11-3-2-7-20-11/h2-5,7,9,16H,6,8,10H2,1H3. The van der Waals surface area contributed by atoms with Crippen molar-refractivity contribution in [1.29, 1.82) is 0 Å². The number of methoxy groups -OCH3 is 1. The van der Waals surface area contributed by atoms with Crippen LogP contribution in [0.5, 0.6) is 5.75 Å². The number of nitrogens with one attached hydrogen (secondary N) is 1. The van der Waals surface area contributed by atoms with E-state index < -0.39 is 15.8 Å². The first-order valence-corrected chi connectivity index (χ1v) is 9.10. The maximum atomic E-state index is 13.5. The van der Waals surface area contributed by atoms with Gasteiger partial charge in [0.1, 0.15) is 5.76 Å². The van der Waals surface area contributed by atoms with Gasteiger partial charge >= 0.3 is 0 Å². The van der Waals surface area contributed by atoms with Crippen molar-refractivity contribution in [2.24, 2.45) is 0 Å². The average Bonchev–Trinajstić information content (AvgIpc) is 3.00. The Morgan fingerprint density at radius 2 is 2.18 bits per heavy atom. The molecule has 1 aromatic carbocycles. The van der Waals surface area contributed by atoms with Gasteiger partial charge < -0.3 is 9.15 Å². The number of hydrogen-bond donors (Lipinski definition) is 1. The van der Waals surface area contributed by atoms with Crippen LogP contribution in [-0.4, -0.2) is 27.8 Å². The van der Waals surface area contributed by atoms with E-state index in [0.717, 1.165) is 11.8 Å². The van der Waals surface area contributed by atoms with Crippen molar-refractivity contribution in [3.63, 3.8) is 0 Å². The second-order valence-electron chi connectivity index (χ2n) is 4.33. The summed E-state index contributed by atoms with van der Waals surface area (Å²) in [6, 6.07) is 7.20.